The van der Waals surface area contributed by atoms with Gasteiger partial charge < -0.3 is 15.5 Å². The number of carbonyl (C=O) groups is 3. The van der Waals surface area contributed by atoms with E-state index in [1.54, 1.807) is 0 Å². The number of carboxylic acids is 2. The van der Waals surface area contributed by atoms with Gasteiger partial charge in [0.05, 0.1) is 6.42 Å². The Hall–Kier alpha value is -2.23. The molecule has 0 aliphatic rings. The molecule has 1 aromatic heterocycles. The van der Waals surface area contributed by atoms with Gasteiger partial charge in [0.15, 0.2) is 0 Å². The molecule has 0 aromatic carbocycles. The van der Waals surface area contributed by atoms with Crippen LogP contribution >= 0.6 is 11.3 Å². The average molecular weight is 260 g/mol. The number of nitrogens with one attached hydrogen (secondary N) is 2. The molecule has 2 amide bonds. The predicted octanol–water partition coefficient (Wildman–Crippen LogP) is -0.413. The lowest BCUT2D eigenvalue weighted by molar-refractivity contribution is -0.145. The van der Waals surface area contributed by atoms with Gasteiger partial charge in [-0.2, -0.15) is 0 Å². The van der Waals surface area contributed by atoms with Crippen LogP contribution in [0.2, 0.25) is 0 Å². The Kier molecular flexibility index (Phi) is 4.34. The fraction of sp³-hybridized carbons (Fsp3) is 0.286. The van der Waals surface area contributed by atoms with Gasteiger partial charge in [-0.25, -0.2) is 9.59 Å². The van der Waals surface area contributed by atoms with E-state index in [1.807, 2.05) is 5.32 Å². The van der Waals surface area contributed by atoms with Crippen molar-refractivity contribution in [3.8, 4) is 0 Å². The summed E-state index contributed by atoms with van der Waals surface area (Å²) in [4.78, 5) is 32.3. The molecule has 0 unspecified atom stereocenters. The molecule has 92 valence electrons. The summed E-state index contributed by atoms with van der Waals surface area (Å²) in [6.07, 6.45) is -0.709. The number of aromatic nitrogens is 2. The van der Waals surface area contributed by atoms with E-state index in [9.17, 15) is 14.4 Å². The van der Waals surface area contributed by atoms with Crippen LogP contribution in [0.15, 0.2) is 5.51 Å². The number of hydrogen-bond acceptors (Lipinski definition) is 6. The first kappa shape index (κ1) is 12.8. The first-order valence-corrected chi connectivity index (χ1v) is 5.15. The highest BCUT2D eigenvalue weighted by molar-refractivity contribution is 7.13. The van der Waals surface area contributed by atoms with Crippen LogP contribution in [-0.4, -0.2) is 44.4 Å². The Morgan fingerprint density at radius 1 is 1.41 bits per heavy atom. The molecule has 10 heteroatoms. The summed E-state index contributed by atoms with van der Waals surface area (Å²) in [5, 5.41) is 28.5. The predicted molar refractivity (Wildman–Crippen MR) is 55.7 cm³/mol. The van der Waals surface area contributed by atoms with Crippen molar-refractivity contribution >= 4 is 34.4 Å². The van der Waals surface area contributed by atoms with Gasteiger partial charge in [-0.15, -0.1) is 10.2 Å². The summed E-state index contributed by atoms with van der Waals surface area (Å²) in [6.45, 7) is 0. The first-order chi connectivity index (χ1) is 7.99. The summed E-state index contributed by atoms with van der Waals surface area (Å²) in [5.74, 6) is -2.76. The lowest BCUT2D eigenvalue weighted by Gasteiger charge is -2.11. The van der Waals surface area contributed by atoms with Gasteiger partial charge in [0, 0.05) is 0 Å². The number of aliphatic carboxylic acids is 2. The highest BCUT2D eigenvalue weighted by atomic mass is 32.1. The highest BCUT2D eigenvalue weighted by Crippen LogP contribution is 2.07. The lowest BCUT2D eigenvalue weighted by Crippen LogP contribution is -2.44. The molecule has 1 atom stereocenters. The number of urea groups is 1. The van der Waals surface area contributed by atoms with E-state index in [1.165, 1.54) is 5.51 Å². The van der Waals surface area contributed by atoms with Gasteiger partial charge in [0.2, 0.25) is 5.13 Å². The second-order valence-corrected chi connectivity index (χ2v) is 3.66. The lowest BCUT2D eigenvalue weighted by atomic mass is 10.2. The topological polar surface area (TPSA) is 142 Å². The number of anilines is 1. The molecule has 0 bridgehead atoms. The van der Waals surface area contributed by atoms with E-state index in [0.29, 0.717) is 0 Å². The van der Waals surface area contributed by atoms with Crippen molar-refractivity contribution < 1.29 is 24.6 Å². The number of carboxylic acid groups (broad SMARTS) is 2. The second kappa shape index (κ2) is 5.75. The SMILES string of the molecule is O=C(O)C[C@H](NC(=O)Nc1nncs1)C(=O)O. The summed E-state index contributed by atoms with van der Waals surface area (Å²) in [5.41, 5.74) is 1.38. The van der Waals surface area contributed by atoms with Gasteiger partial charge in [-0.1, -0.05) is 11.3 Å². The third-order valence-electron chi connectivity index (χ3n) is 1.56. The molecule has 9 nitrogen and oxygen atoms in total. The fourth-order valence-electron chi connectivity index (χ4n) is 0.894. The molecule has 4 N–H and O–H groups in total. The van der Waals surface area contributed by atoms with Crippen LogP contribution in [0, 0.1) is 0 Å². The smallest absolute Gasteiger partial charge is 0.326 e. The second-order valence-electron chi connectivity index (χ2n) is 2.83. The summed E-state index contributed by atoms with van der Waals surface area (Å²) in [6, 6.07) is -2.35. The molecule has 1 aromatic rings. The van der Waals surface area contributed by atoms with Crippen LogP contribution in [-0.2, 0) is 9.59 Å². The Balaban J connectivity index is 2.52. The summed E-state index contributed by atoms with van der Waals surface area (Å²) in [7, 11) is 0. The van der Waals surface area contributed by atoms with Gasteiger partial charge >= 0.3 is 18.0 Å². The minimum Gasteiger partial charge on any atom is -0.481 e. The molecule has 0 spiro atoms. The Morgan fingerprint density at radius 2 is 2.12 bits per heavy atom. The van der Waals surface area contributed by atoms with E-state index < -0.39 is 30.4 Å². The van der Waals surface area contributed by atoms with Gasteiger partial charge in [0.25, 0.3) is 0 Å². The van der Waals surface area contributed by atoms with Crippen LogP contribution in [0.5, 0.6) is 0 Å². The van der Waals surface area contributed by atoms with Crippen molar-refractivity contribution in [3.63, 3.8) is 0 Å². The molecule has 0 radical (unpaired) electrons. The number of carbonyl (C=O) groups excluding carboxylic acids is 1. The van der Waals surface area contributed by atoms with Crippen molar-refractivity contribution in [1.82, 2.24) is 15.5 Å². The number of hydrogen-bond donors (Lipinski definition) is 4. The van der Waals surface area contributed by atoms with E-state index in [0.717, 1.165) is 11.3 Å². The van der Waals surface area contributed by atoms with Gasteiger partial charge in [0.1, 0.15) is 11.6 Å². The third-order valence-corrected chi connectivity index (χ3v) is 2.17. The van der Waals surface area contributed by atoms with Gasteiger partial charge in [-0.3, -0.25) is 10.1 Å². The van der Waals surface area contributed by atoms with Crippen molar-refractivity contribution in [2.45, 2.75) is 12.5 Å². The van der Waals surface area contributed by atoms with Gasteiger partial charge in [-0.05, 0) is 0 Å². The maximum Gasteiger partial charge on any atom is 0.326 e. The van der Waals surface area contributed by atoms with E-state index >= 15 is 0 Å². The van der Waals surface area contributed by atoms with Crippen molar-refractivity contribution in [2.24, 2.45) is 0 Å². The summed E-state index contributed by atoms with van der Waals surface area (Å²) < 4.78 is 0. The molecule has 1 rings (SSSR count). The largest absolute Gasteiger partial charge is 0.481 e. The van der Waals surface area contributed by atoms with Crippen LogP contribution in [0.3, 0.4) is 0 Å². The van der Waals surface area contributed by atoms with Crippen LogP contribution in [0.25, 0.3) is 0 Å². The molecule has 0 saturated heterocycles. The Morgan fingerprint density at radius 3 is 2.59 bits per heavy atom. The maximum absolute atomic E-state index is 11.3. The molecule has 0 saturated carbocycles. The molecule has 1 heterocycles. The monoisotopic (exact) mass is 260 g/mol. The number of amides is 2. The van der Waals surface area contributed by atoms with Crippen molar-refractivity contribution in [2.75, 3.05) is 5.32 Å². The minimum atomic E-state index is -1.50. The average Bonchev–Trinajstić information content (AvgIpc) is 2.68. The standard InChI is InChI=1S/C7H8N4O5S/c12-4(13)1-3(5(14)15)9-6(16)10-7-11-8-2-17-7/h2-3H,1H2,(H,12,13)(H,14,15)(H2,9,10,11,16)/t3-/m0/s1. The molecular formula is C7H8N4O5S. The minimum absolute atomic E-state index is 0.182. The van der Waals surface area contributed by atoms with Crippen LogP contribution in [0.1, 0.15) is 6.42 Å². The zero-order valence-corrected chi connectivity index (χ0v) is 9.10. The zero-order chi connectivity index (χ0) is 12.8. The molecule has 0 aliphatic carbocycles. The zero-order valence-electron chi connectivity index (χ0n) is 8.28. The van der Waals surface area contributed by atoms with Crippen molar-refractivity contribution in [3.05, 3.63) is 5.51 Å². The Labute approximate surface area is 98.5 Å². The quantitative estimate of drug-likeness (QED) is 0.563. The first-order valence-electron chi connectivity index (χ1n) is 4.27. The molecular weight excluding hydrogens is 252 g/mol. The molecule has 17 heavy (non-hydrogen) atoms. The van der Waals surface area contributed by atoms with Crippen LogP contribution < -0.4 is 10.6 Å². The van der Waals surface area contributed by atoms with E-state index in [-0.39, 0.29) is 5.13 Å². The third kappa shape index (κ3) is 4.42. The van der Waals surface area contributed by atoms with Crippen molar-refractivity contribution in [1.29, 1.82) is 0 Å². The molecule has 0 fully saturated rings. The summed E-state index contributed by atoms with van der Waals surface area (Å²) >= 11 is 1.04. The van der Waals surface area contributed by atoms with E-state index in [2.05, 4.69) is 15.5 Å². The normalized spacial score (nSPS) is 11.5. The van der Waals surface area contributed by atoms with Crippen LogP contribution in [0.4, 0.5) is 9.93 Å². The highest BCUT2D eigenvalue weighted by Gasteiger charge is 2.23. The number of nitrogens with zero attached hydrogens (tertiary/aromatic N) is 2. The maximum atomic E-state index is 11.3. The Bertz CT molecular complexity index is 420. The molecule has 0 aliphatic heterocycles. The van der Waals surface area contributed by atoms with E-state index in [4.69, 9.17) is 10.2 Å². The fourth-order valence-corrected chi connectivity index (χ4v) is 1.33. The number of rotatable bonds is 5.